The van der Waals surface area contributed by atoms with Gasteiger partial charge in [0.25, 0.3) is 0 Å². The van der Waals surface area contributed by atoms with E-state index in [2.05, 4.69) is 5.32 Å². The zero-order valence-electron chi connectivity index (χ0n) is 10.1. The number of carboxylic acids is 1. The van der Waals surface area contributed by atoms with Crippen LogP contribution in [0.4, 0.5) is 0 Å². The van der Waals surface area contributed by atoms with Crippen LogP contribution in [-0.4, -0.2) is 22.5 Å². The molecule has 1 aromatic heterocycles. The second-order valence-corrected chi connectivity index (χ2v) is 4.77. The Labute approximate surface area is 105 Å². The SMILES string of the molecule is O=C(CCc1ccoc1)NC1(C(=O)O)CCCC1. The highest BCUT2D eigenvalue weighted by molar-refractivity contribution is 5.87. The summed E-state index contributed by atoms with van der Waals surface area (Å²) in [6.45, 7) is 0. The number of carbonyl (C=O) groups excluding carboxylic acids is 1. The van der Waals surface area contributed by atoms with Gasteiger partial charge in [-0.1, -0.05) is 12.8 Å². The van der Waals surface area contributed by atoms with Crippen LogP contribution in [0.1, 0.15) is 37.7 Å². The van der Waals surface area contributed by atoms with Gasteiger partial charge in [0.05, 0.1) is 12.5 Å². The first kappa shape index (κ1) is 12.7. The number of rotatable bonds is 5. The molecule has 2 rings (SSSR count). The van der Waals surface area contributed by atoms with Crippen molar-refractivity contribution in [3.8, 4) is 0 Å². The molecule has 0 atom stereocenters. The van der Waals surface area contributed by atoms with Crippen LogP contribution in [0.15, 0.2) is 23.0 Å². The lowest BCUT2D eigenvalue weighted by atomic mass is 9.97. The highest BCUT2D eigenvalue weighted by Crippen LogP contribution is 2.30. The molecular weight excluding hydrogens is 234 g/mol. The summed E-state index contributed by atoms with van der Waals surface area (Å²) in [4.78, 5) is 23.1. The Morgan fingerprint density at radius 1 is 1.39 bits per heavy atom. The maximum Gasteiger partial charge on any atom is 0.329 e. The quantitative estimate of drug-likeness (QED) is 0.835. The summed E-state index contributed by atoms with van der Waals surface area (Å²) in [6.07, 6.45) is 6.77. The molecule has 1 heterocycles. The average Bonchev–Trinajstić information content (AvgIpc) is 2.97. The molecule has 0 unspecified atom stereocenters. The third-order valence-corrected chi connectivity index (χ3v) is 3.47. The first-order valence-corrected chi connectivity index (χ1v) is 6.18. The highest BCUT2D eigenvalue weighted by atomic mass is 16.4. The highest BCUT2D eigenvalue weighted by Gasteiger charge is 2.42. The van der Waals surface area contributed by atoms with Crippen molar-refractivity contribution in [2.75, 3.05) is 0 Å². The number of carbonyl (C=O) groups is 2. The number of hydrogen-bond acceptors (Lipinski definition) is 3. The predicted molar refractivity (Wildman–Crippen MR) is 64.0 cm³/mol. The minimum atomic E-state index is -1.03. The minimum Gasteiger partial charge on any atom is -0.480 e. The zero-order valence-corrected chi connectivity index (χ0v) is 10.1. The zero-order chi connectivity index (χ0) is 13.0. The third kappa shape index (κ3) is 2.72. The van der Waals surface area contributed by atoms with Gasteiger partial charge in [0, 0.05) is 6.42 Å². The molecule has 1 fully saturated rings. The summed E-state index contributed by atoms with van der Waals surface area (Å²) in [5.41, 5.74) is -0.0889. The lowest BCUT2D eigenvalue weighted by Gasteiger charge is -2.25. The summed E-state index contributed by atoms with van der Waals surface area (Å²) in [5, 5.41) is 11.9. The number of aliphatic carboxylic acids is 1. The van der Waals surface area contributed by atoms with E-state index in [4.69, 9.17) is 4.42 Å². The molecule has 0 aromatic carbocycles. The van der Waals surface area contributed by atoms with Gasteiger partial charge in [0.15, 0.2) is 0 Å². The maximum absolute atomic E-state index is 11.8. The van der Waals surface area contributed by atoms with Crippen LogP contribution in [0.2, 0.25) is 0 Å². The van der Waals surface area contributed by atoms with Crippen LogP contribution in [-0.2, 0) is 16.0 Å². The molecule has 98 valence electrons. The first-order valence-electron chi connectivity index (χ1n) is 6.18. The lowest BCUT2D eigenvalue weighted by molar-refractivity contribution is -0.147. The topological polar surface area (TPSA) is 79.5 Å². The molecule has 0 spiro atoms. The molecule has 1 saturated carbocycles. The van der Waals surface area contributed by atoms with Gasteiger partial charge in [0.2, 0.25) is 5.91 Å². The second kappa shape index (κ2) is 5.25. The largest absolute Gasteiger partial charge is 0.480 e. The number of nitrogens with one attached hydrogen (secondary N) is 1. The fourth-order valence-electron chi connectivity index (χ4n) is 2.39. The maximum atomic E-state index is 11.8. The van der Waals surface area contributed by atoms with E-state index < -0.39 is 11.5 Å². The number of amides is 1. The predicted octanol–water partition coefficient (Wildman–Crippen LogP) is 1.73. The summed E-state index contributed by atoms with van der Waals surface area (Å²) < 4.78 is 4.91. The van der Waals surface area contributed by atoms with E-state index in [9.17, 15) is 14.7 Å². The molecule has 0 aliphatic heterocycles. The molecule has 0 bridgehead atoms. The van der Waals surface area contributed by atoms with Crippen LogP contribution >= 0.6 is 0 Å². The van der Waals surface area contributed by atoms with Gasteiger partial charge in [-0.2, -0.15) is 0 Å². The van der Waals surface area contributed by atoms with Crippen LogP contribution in [0.3, 0.4) is 0 Å². The van der Waals surface area contributed by atoms with Crippen molar-refractivity contribution in [2.24, 2.45) is 0 Å². The van der Waals surface area contributed by atoms with Crippen molar-refractivity contribution in [3.05, 3.63) is 24.2 Å². The molecule has 0 radical (unpaired) electrons. The fourth-order valence-corrected chi connectivity index (χ4v) is 2.39. The standard InChI is InChI=1S/C13H17NO4/c15-11(4-3-10-5-8-18-9-10)14-13(12(16)17)6-1-2-7-13/h5,8-9H,1-4,6-7H2,(H,14,15)(H,16,17). The van der Waals surface area contributed by atoms with Gasteiger partial charge in [-0.25, -0.2) is 4.79 Å². The van der Waals surface area contributed by atoms with E-state index in [1.54, 1.807) is 18.6 Å². The molecule has 1 amide bonds. The van der Waals surface area contributed by atoms with E-state index in [1.807, 2.05) is 0 Å². The number of carboxylic acid groups (broad SMARTS) is 1. The molecule has 5 nitrogen and oxygen atoms in total. The van der Waals surface area contributed by atoms with Gasteiger partial charge < -0.3 is 14.8 Å². The van der Waals surface area contributed by atoms with Gasteiger partial charge in [0.1, 0.15) is 5.54 Å². The van der Waals surface area contributed by atoms with Crippen molar-refractivity contribution in [1.29, 1.82) is 0 Å². The molecule has 18 heavy (non-hydrogen) atoms. The Bertz CT molecular complexity index is 418. The van der Waals surface area contributed by atoms with E-state index >= 15 is 0 Å². The molecule has 2 N–H and O–H groups in total. The second-order valence-electron chi connectivity index (χ2n) is 4.77. The van der Waals surface area contributed by atoms with Crippen molar-refractivity contribution in [3.63, 3.8) is 0 Å². The Balaban J connectivity index is 1.88. The molecular formula is C13H17NO4. The molecule has 1 aromatic rings. The Hall–Kier alpha value is -1.78. The van der Waals surface area contributed by atoms with Crippen LogP contribution in [0.5, 0.6) is 0 Å². The van der Waals surface area contributed by atoms with E-state index in [1.165, 1.54) is 0 Å². The minimum absolute atomic E-state index is 0.208. The first-order chi connectivity index (χ1) is 8.62. The van der Waals surface area contributed by atoms with Crippen LogP contribution in [0, 0.1) is 0 Å². The summed E-state index contributed by atoms with van der Waals surface area (Å²) in [5.74, 6) is -1.13. The van der Waals surface area contributed by atoms with Crippen molar-refractivity contribution in [1.82, 2.24) is 5.32 Å². The Kier molecular flexibility index (Phi) is 3.69. The lowest BCUT2D eigenvalue weighted by Crippen LogP contribution is -2.52. The molecule has 1 aliphatic carbocycles. The number of hydrogen-bond donors (Lipinski definition) is 2. The van der Waals surface area contributed by atoms with E-state index in [-0.39, 0.29) is 12.3 Å². The fraction of sp³-hybridized carbons (Fsp3) is 0.538. The summed E-state index contributed by atoms with van der Waals surface area (Å²) >= 11 is 0. The monoisotopic (exact) mass is 251 g/mol. The molecule has 0 saturated heterocycles. The molecule has 1 aliphatic rings. The van der Waals surface area contributed by atoms with Gasteiger partial charge >= 0.3 is 5.97 Å². The van der Waals surface area contributed by atoms with Crippen LogP contribution in [0.25, 0.3) is 0 Å². The Morgan fingerprint density at radius 3 is 2.67 bits per heavy atom. The average molecular weight is 251 g/mol. The van der Waals surface area contributed by atoms with Crippen molar-refractivity contribution in [2.45, 2.75) is 44.1 Å². The van der Waals surface area contributed by atoms with Gasteiger partial charge in [-0.05, 0) is 30.9 Å². The van der Waals surface area contributed by atoms with Crippen LogP contribution < -0.4 is 5.32 Å². The van der Waals surface area contributed by atoms with E-state index in [0.29, 0.717) is 19.3 Å². The summed E-state index contributed by atoms with van der Waals surface area (Å²) in [6, 6.07) is 1.80. The molecule has 5 heteroatoms. The van der Waals surface area contributed by atoms with Gasteiger partial charge in [-0.3, -0.25) is 4.79 Å². The van der Waals surface area contributed by atoms with Gasteiger partial charge in [-0.15, -0.1) is 0 Å². The van der Waals surface area contributed by atoms with Crippen molar-refractivity contribution >= 4 is 11.9 Å². The number of aryl methyl sites for hydroxylation is 1. The summed E-state index contributed by atoms with van der Waals surface area (Å²) in [7, 11) is 0. The Morgan fingerprint density at radius 2 is 2.11 bits per heavy atom. The third-order valence-electron chi connectivity index (χ3n) is 3.47. The van der Waals surface area contributed by atoms with Crippen molar-refractivity contribution < 1.29 is 19.1 Å². The normalized spacial score (nSPS) is 17.6. The number of furan rings is 1. The van der Waals surface area contributed by atoms with E-state index in [0.717, 1.165) is 18.4 Å². The smallest absolute Gasteiger partial charge is 0.329 e.